The minimum Gasteiger partial charge on any atom is -0.245 e. The van der Waals surface area contributed by atoms with Gasteiger partial charge in [0.05, 0.1) is 0 Å². The Morgan fingerprint density at radius 1 is 0.667 bits per heavy atom. The fourth-order valence-electron chi connectivity index (χ4n) is 0.679. The molecule has 0 aliphatic rings. The van der Waals surface area contributed by atoms with Crippen LogP contribution in [0.5, 0.6) is 0 Å². The van der Waals surface area contributed by atoms with E-state index in [-0.39, 0.29) is 0 Å². The lowest BCUT2D eigenvalue weighted by Gasteiger charge is -2.33. The molecular weight excluding hydrogens is 465 g/mol. The highest BCUT2D eigenvalue weighted by molar-refractivity contribution is 7.66. The van der Waals surface area contributed by atoms with E-state index < -0.39 is 53.6 Å². The molecule has 20 heteroatoms. The molecule has 0 N–H and O–H groups in total. The molecule has 0 spiro atoms. The predicted octanol–water partition coefficient (Wildman–Crippen LogP) is 4.51. The molecule has 0 aromatic heterocycles. The highest BCUT2D eigenvalue weighted by Crippen LogP contribution is 2.49. The summed E-state index contributed by atoms with van der Waals surface area (Å²) in [6.45, 7) is 0. The van der Waals surface area contributed by atoms with Gasteiger partial charge in [-0.25, -0.2) is 9.47 Å². The van der Waals surface area contributed by atoms with Gasteiger partial charge < -0.3 is 0 Å². The average Bonchev–Trinajstić information content (AvgIpc) is 2.32. The van der Waals surface area contributed by atoms with Gasteiger partial charge in [0, 0.05) is 0 Å². The summed E-state index contributed by atoms with van der Waals surface area (Å²) in [4.78, 5) is 0. The van der Waals surface area contributed by atoms with Gasteiger partial charge in [-0.15, -0.1) is 3.89 Å². The number of hydrogen-bond donors (Lipinski definition) is 1. The standard InChI is InChI=1S/C7F14O2.FHO2S/c8-1(2(9)10)3(11,12)22-7(21,5(16,17)18)23-6(19,20)4(13,14)15;1-4(2)3/h;4H. The highest BCUT2D eigenvalue weighted by atomic mass is 32.2. The van der Waals surface area contributed by atoms with Gasteiger partial charge in [-0.2, -0.15) is 69.9 Å². The van der Waals surface area contributed by atoms with E-state index in [9.17, 15) is 65.4 Å². The van der Waals surface area contributed by atoms with Crippen LogP contribution in [0.2, 0.25) is 0 Å². The van der Waals surface area contributed by atoms with Crippen LogP contribution in [0, 0.1) is 0 Å². The zero-order valence-corrected chi connectivity index (χ0v) is 12.1. The van der Waals surface area contributed by atoms with Crippen LogP contribution in [0.15, 0.2) is 11.9 Å². The molecule has 0 aliphatic heterocycles. The van der Waals surface area contributed by atoms with Crippen LogP contribution in [0.1, 0.15) is 0 Å². The molecule has 27 heavy (non-hydrogen) atoms. The Morgan fingerprint density at radius 3 is 1.22 bits per heavy atom. The van der Waals surface area contributed by atoms with Crippen LogP contribution >= 0.6 is 0 Å². The number of halogens is 15. The van der Waals surface area contributed by atoms with Gasteiger partial charge in [0.2, 0.25) is 0 Å². The Bertz CT molecular complexity index is 592. The second-order valence-corrected chi connectivity index (χ2v) is 3.98. The van der Waals surface area contributed by atoms with Crippen molar-refractivity contribution in [2.45, 2.75) is 30.6 Å². The van der Waals surface area contributed by atoms with Crippen molar-refractivity contribution >= 4 is 11.1 Å². The van der Waals surface area contributed by atoms with Gasteiger partial charge in [0.1, 0.15) is 0 Å². The Morgan fingerprint density at radius 2 is 1.00 bits per heavy atom. The van der Waals surface area contributed by atoms with Gasteiger partial charge in [-0.1, -0.05) is 0 Å². The first-order valence-electron chi connectivity index (χ1n) is 5.00. The zero-order chi connectivity index (χ0) is 22.6. The number of hydrogen-bond acceptors (Lipinski definition) is 4. The lowest BCUT2D eigenvalue weighted by molar-refractivity contribution is -0.552. The lowest BCUT2D eigenvalue weighted by Crippen LogP contribution is -2.56. The fourth-order valence-corrected chi connectivity index (χ4v) is 0.679. The number of alkyl halides is 11. The molecule has 0 radical (unpaired) electrons. The van der Waals surface area contributed by atoms with Crippen molar-refractivity contribution < 1.29 is 83.2 Å². The molecule has 0 saturated carbocycles. The summed E-state index contributed by atoms with van der Waals surface area (Å²) in [5.74, 6) is -4.18. The summed E-state index contributed by atoms with van der Waals surface area (Å²) in [6, 6.07) is -7.00. The average molecular weight is 466 g/mol. The summed E-state index contributed by atoms with van der Waals surface area (Å²) in [5, 5.41) is 0. The van der Waals surface area contributed by atoms with Gasteiger partial charge in [-0.3, -0.25) is 0 Å². The van der Waals surface area contributed by atoms with Crippen LogP contribution in [0.4, 0.5) is 65.4 Å². The maximum Gasteiger partial charge on any atom is 0.483 e. The molecule has 0 rings (SSSR count). The molecule has 0 fully saturated rings. The van der Waals surface area contributed by atoms with Crippen LogP contribution in [0.3, 0.4) is 0 Å². The van der Waals surface area contributed by atoms with Crippen molar-refractivity contribution in [3.05, 3.63) is 11.9 Å². The molecule has 164 valence electrons. The molecule has 0 aromatic rings. The van der Waals surface area contributed by atoms with Gasteiger partial charge >= 0.3 is 36.7 Å². The third kappa shape index (κ3) is 8.41. The van der Waals surface area contributed by atoms with Gasteiger partial charge in [-0.05, 0) is 0 Å². The monoisotopic (exact) mass is 466 g/mol. The first kappa shape index (κ1) is 27.8. The molecule has 0 aromatic carbocycles. The van der Waals surface area contributed by atoms with Crippen LogP contribution in [-0.2, 0) is 20.6 Å². The second kappa shape index (κ2) is 8.71. The summed E-state index contributed by atoms with van der Waals surface area (Å²) in [5.41, 5.74) is 0. The molecule has 4 nitrogen and oxygen atoms in total. The van der Waals surface area contributed by atoms with E-state index in [1.807, 2.05) is 0 Å². The first-order chi connectivity index (χ1) is 11.5. The number of ether oxygens (including phenoxy) is 2. The molecule has 0 aliphatic carbocycles. The molecular formula is C7HF15O4S. The fraction of sp³-hybridized carbons (Fsp3) is 0.714. The highest BCUT2D eigenvalue weighted by Gasteiger charge is 2.73. The van der Waals surface area contributed by atoms with Crippen molar-refractivity contribution in [3.8, 4) is 0 Å². The van der Waals surface area contributed by atoms with Gasteiger partial charge in [0.25, 0.3) is 16.9 Å². The topological polar surface area (TPSA) is 52.6 Å². The van der Waals surface area contributed by atoms with Crippen molar-refractivity contribution in [1.82, 2.24) is 0 Å². The molecule has 0 amide bonds. The Kier molecular flexibility index (Phi) is 8.96. The zero-order valence-electron chi connectivity index (χ0n) is 11.2. The quantitative estimate of drug-likeness (QED) is 0.281. The second-order valence-electron chi connectivity index (χ2n) is 3.56. The Hall–Kier alpha value is -1.44. The van der Waals surface area contributed by atoms with Crippen LogP contribution < -0.4 is 0 Å². The summed E-state index contributed by atoms with van der Waals surface area (Å²) in [6.07, 6.45) is -32.0. The van der Waals surface area contributed by atoms with Crippen LogP contribution in [-0.4, -0.2) is 39.0 Å². The summed E-state index contributed by atoms with van der Waals surface area (Å²) >= 11 is -3.62. The Balaban J connectivity index is 0. The maximum absolute atomic E-state index is 13.0. The van der Waals surface area contributed by atoms with Crippen molar-refractivity contribution in [3.63, 3.8) is 0 Å². The van der Waals surface area contributed by atoms with Crippen molar-refractivity contribution in [2.75, 3.05) is 0 Å². The molecule has 0 heterocycles. The summed E-state index contributed by atoms with van der Waals surface area (Å²) in [7, 11) is 0. The molecule has 1 unspecified atom stereocenters. The van der Waals surface area contributed by atoms with E-state index in [2.05, 4.69) is 0 Å². The third-order valence-corrected chi connectivity index (χ3v) is 1.61. The minimum atomic E-state index is -7.20. The smallest absolute Gasteiger partial charge is 0.245 e. The molecule has 0 bridgehead atoms. The van der Waals surface area contributed by atoms with Gasteiger partial charge in [0.15, 0.2) is 0 Å². The van der Waals surface area contributed by atoms with E-state index in [0.29, 0.717) is 0 Å². The Labute approximate surface area is 138 Å². The SMILES string of the molecule is FC(F)=C(F)C(F)(F)OC(F)(OC(F)(F)C(F)(F)F)C(F)(F)F.O=[SH](=O)F. The minimum absolute atomic E-state index is 1.53. The lowest BCUT2D eigenvalue weighted by atomic mass is 10.5. The third-order valence-electron chi connectivity index (χ3n) is 1.61. The summed E-state index contributed by atoms with van der Waals surface area (Å²) < 4.78 is 198. The van der Waals surface area contributed by atoms with E-state index in [0.717, 1.165) is 0 Å². The molecule has 0 saturated heterocycles. The van der Waals surface area contributed by atoms with Crippen molar-refractivity contribution in [1.29, 1.82) is 0 Å². The van der Waals surface area contributed by atoms with E-state index in [4.69, 9.17) is 8.42 Å². The number of rotatable bonds is 5. The number of thiol groups is 1. The maximum atomic E-state index is 13.0. The van der Waals surface area contributed by atoms with E-state index >= 15 is 0 Å². The first-order valence-corrected chi connectivity index (χ1v) is 6.06. The predicted molar refractivity (Wildman–Crippen MR) is 49.8 cm³/mol. The normalized spacial score (nSPS) is 15.7. The largest absolute Gasteiger partial charge is 0.483 e. The van der Waals surface area contributed by atoms with E-state index in [1.165, 1.54) is 4.74 Å². The van der Waals surface area contributed by atoms with Crippen molar-refractivity contribution in [2.24, 2.45) is 0 Å². The van der Waals surface area contributed by atoms with E-state index in [1.54, 1.807) is 4.74 Å². The molecule has 1 atom stereocenters. The van der Waals surface area contributed by atoms with Crippen LogP contribution in [0.25, 0.3) is 0 Å².